The van der Waals surface area contributed by atoms with E-state index >= 15 is 0 Å². The van der Waals surface area contributed by atoms with Crippen molar-refractivity contribution in [3.05, 3.63) is 42.7 Å². The lowest BCUT2D eigenvalue weighted by Crippen LogP contribution is -2.41. The fourth-order valence-corrected chi connectivity index (χ4v) is 3.82. The number of nitrogens with one attached hydrogen (secondary N) is 1. The molecule has 0 bridgehead atoms. The largest absolute Gasteiger partial charge is 0.391 e. The van der Waals surface area contributed by atoms with Crippen LogP contribution in [0.4, 0.5) is 5.69 Å². The minimum Gasteiger partial charge on any atom is -0.391 e. The second kappa shape index (κ2) is 8.56. The number of anilines is 1. The lowest BCUT2D eigenvalue weighted by Gasteiger charge is -2.32. The minimum atomic E-state index is 0.0639. The first-order valence-electron chi connectivity index (χ1n) is 10.1. The van der Waals surface area contributed by atoms with Gasteiger partial charge in [-0.15, -0.1) is 0 Å². The van der Waals surface area contributed by atoms with Crippen molar-refractivity contribution in [2.24, 2.45) is 11.1 Å². The first-order chi connectivity index (χ1) is 13.7. The summed E-state index contributed by atoms with van der Waals surface area (Å²) in [6.45, 7) is 4.87. The summed E-state index contributed by atoms with van der Waals surface area (Å²) in [5.41, 5.74) is 2.95. The Morgan fingerprint density at radius 3 is 2.68 bits per heavy atom. The van der Waals surface area contributed by atoms with Crippen LogP contribution in [-0.2, 0) is 9.63 Å². The van der Waals surface area contributed by atoms with Gasteiger partial charge in [-0.05, 0) is 62.7 Å². The summed E-state index contributed by atoms with van der Waals surface area (Å²) in [5.74, 6) is 0.175. The van der Waals surface area contributed by atoms with Gasteiger partial charge in [0.1, 0.15) is 6.10 Å². The van der Waals surface area contributed by atoms with Gasteiger partial charge in [0.25, 0.3) is 0 Å². The molecule has 2 aliphatic rings. The molecule has 1 atom stereocenters. The smallest absolute Gasteiger partial charge is 0.227 e. The van der Waals surface area contributed by atoms with E-state index in [1.165, 1.54) is 0 Å². The van der Waals surface area contributed by atoms with Crippen LogP contribution in [0, 0.1) is 5.92 Å². The van der Waals surface area contributed by atoms with E-state index in [1.807, 2.05) is 36.5 Å². The maximum absolute atomic E-state index is 12.6. The van der Waals surface area contributed by atoms with Crippen LogP contribution in [-0.4, -0.2) is 52.0 Å². The van der Waals surface area contributed by atoms with Gasteiger partial charge in [-0.3, -0.25) is 9.69 Å². The van der Waals surface area contributed by atoms with Gasteiger partial charge < -0.3 is 10.2 Å². The highest BCUT2D eigenvalue weighted by molar-refractivity contribution is 5.92. The Hall–Kier alpha value is -2.67. The van der Waals surface area contributed by atoms with Crippen LogP contribution in [0.5, 0.6) is 0 Å². The van der Waals surface area contributed by atoms with E-state index in [4.69, 9.17) is 4.84 Å². The van der Waals surface area contributed by atoms with Crippen molar-refractivity contribution in [1.82, 2.24) is 14.7 Å². The number of amides is 1. The summed E-state index contributed by atoms with van der Waals surface area (Å²) < 4.78 is 1.80. The predicted octanol–water partition coefficient (Wildman–Crippen LogP) is 3.08. The molecule has 1 aromatic carbocycles. The Balaban J connectivity index is 1.23. The van der Waals surface area contributed by atoms with Crippen LogP contribution >= 0.6 is 0 Å². The predicted molar refractivity (Wildman–Crippen MR) is 109 cm³/mol. The number of likely N-dealkylation sites (tertiary alicyclic amines) is 1. The van der Waals surface area contributed by atoms with Crippen LogP contribution in [0.15, 0.2) is 47.9 Å². The van der Waals surface area contributed by atoms with Gasteiger partial charge >= 0.3 is 0 Å². The van der Waals surface area contributed by atoms with Crippen LogP contribution in [0.3, 0.4) is 0 Å². The molecule has 7 heteroatoms. The van der Waals surface area contributed by atoms with Gasteiger partial charge in [0.15, 0.2) is 0 Å². The molecule has 0 saturated carbocycles. The van der Waals surface area contributed by atoms with Crippen molar-refractivity contribution in [2.45, 2.75) is 38.7 Å². The Morgan fingerprint density at radius 1 is 1.25 bits per heavy atom. The third kappa shape index (κ3) is 4.42. The Morgan fingerprint density at radius 2 is 2.04 bits per heavy atom. The maximum Gasteiger partial charge on any atom is 0.227 e. The molecule has 1 amide bonds. The number of nitrogens with zero attached hydrogens (tertiary/aromatic N) is 4. The quantitative estimate of drug-likeness (QED) is 0.835. The van der Waals surface area contributed by atoms with Gasteiger partial charge in [0.2, 0.25) is 5.91 Å². The molecule has 1 fully saturated rings. The van der Waals surface area contributed by atoms with Gasteiger partial charge in [-0.25, -0.2) is 4.68 Å². The van der Waals surface area contributed by atoms with Crippen molar-refractivity contribution in [3.8, 4) is 5.69 Å². The molecule has 148 valence electrons. The molecule has 0 radical (unpaired) electrons. The molecule has 0 unspecified atom stereocenters. The second-order valence-corrected chi connectivity index (χ2v) is 7.50. The van der Waals surface area contributed by atoms with Crippen LogP contribution in [0.1, 0.15) is 32.6 Å². The Bertz CT molecular complexity index is 808. The van der Waals surface area contributed by atoms with Crippen molar-refractivity contribution in [1.29, 1.82) is 0 Å². The van der Waals surface area contributed by atoms with E-state index < -0.39 is 0 Å². The Labute approximate surface area is 165 Å². The zero-order valence-electron chi connectivity index (χ0n) is 16.3. The minimum absolute atomic E-state index is 0.0639. The molecule has 1 N–H and O–H groups in total. The van der Waals surface area contributed by atoms with Crippen molar-refractivity contribution >= 4 is 17.3 Å². The fourth-order valence-electron chi connectivity index (χ4n) is 3.82. The average Bonchev–Trinajstić information content (AvgIpc) is 3.41. The van der Waals surface area contributed by atoms with Crippen molar-refractivity contribution in [2.75, 3.05) is 25.0 Å². The molecule has 2 aliphatic heterocycles. The molecule has 7 nitrogen and oxygen atoms in total. The third-order valence-electron chi connectivity index (χ3n) is 5.53. The molecule has 1 saturated heterocycles. The summed E-state index contributed by atoms with van der Waals surface area (Å²) in [6.07, 6.45) is 7.47. The van der Waals surface area contributed by atoms with Crippen LogP contribution < -0.4 is 5.32 Å². The van der Waals surface area contributed by atoms with Gasteiger partial charge in [0, 0.05) is 37.0 Å². The molecular weight excluding hydrogens is 354 g/mol. The lowest BCUT2D eigenvalue weighted by atomic mass is 9.95. The highest BCUT2D eigenvalue weighted by Gasteiger charge is 2.28. The number of oxime groups is 1. The standard InChI is InChI=1S/C21H27N5O2/c1-2-17-14-20(28-24-17)15-25-12-8-16(9-13-25)21(27)23-18-4-6-19(7-5-18)26-11-3-10-22-26/h3-7,10-11,16,20H,2,8-9,12-15H2,1H3,(H,23,27)/t20-/m0/s1. The van der Waals surface area contributed by atoms with Crippen LogP contribution in [0.2, 0.25) is 0 Å². The topological polar surface area (TPSA) is 71.8 Å². The van der Waals surface area contributed by atoms with Crippen molar-refractivity contribution < 1.29 is 9.63 Å². The van der Waals surface area contributed by atoms with Gasteiger partial charge in [-0.2, -0.15) is 5.10 Å². The molecule has 1 aromatic heterocycles. The van der Waals surface area contributed by atoms with E-state index in [2.05, 4.69) is 27.4 Å². The van der Waals surface area contributed by atoms with E-state index in [0.717, 1.165) is 62.4 Å². The molecule has 4 rings (SSSR count). The van der Waals surface area contributed by atoms with E-state index in [-0.39, 0.29) is 17.9 Å². The number of hydrogen-bond acceptors (Lipinski definition) is 5. The SMILES string of the molecule is CCC1=NO[C@H](CN2CCC(C(=O)Nc3ccc(-n4cccn4)cc3)CC2)C1. The number of aromatic nitrogens is 2. The number of piperidine rings is 1. The van der Waals surface area contributed by atoms with E-state index in [1.54, 1.807) is 10.9 Å². The van der Waals surface area contributed by atoms with Crippen LogP contribution in [0.25, 0.3) is 5.69 Å². The molecule has 2 aromatic rings. The highest BCUT2D eigenvalue weighted by Crippen LogP contribution is 2.22. The van der Waals surface area contributed by atoms with E-state index in [9.17, 15) is 4.79 Å². The van der Waals surface area contributed by atoms with Gasteiger partial charge in [0.05, 0.1) is 11.4 Å². The first kappa shape index (κ1) is 18.7. The monoisotopic (exact) mass is 381 g/mol. The summed E-state index contributed by atoms with van der Waals surface area (Å²) in [5, 5.41) is 11.4. The third-order valence-corrected chi connectivity index (χ3v) is 5.53. The second-order valence-electron chi connectivity index (χ2n) is 7.50. The zero-order valence-corrected chi connectivity index (χ0v) is 16.3. The maximum atomic E-state index is 12.6. The average molecular weight is 381 g/mol. The number of rotatable bonds is 6. The number of hydrogen-bond donors (Lipinski definition) is 1. The summed E-state index contributed by atoms with van der Waals surface area (Å²) in [7, 11) is 0. The fraction of sp³-hybridized carbons (Fsp3) is 0.476. The molecule has 0 aliphatic carbocycles. The van der Waals surface area contributed by atoms with Gasteiger partial charge in [-0.1, -0.05) is 12.1 Å². The first-order valence-corrected chi connectivity index (χ1v) is 10.1. The Kier molecular flexibility index (Phi) is 5.71. The number of benzene rings is 1. The van der Waals surface area contributed by atoms with Crippen molar-refractivity contribution in [3.63, 3.8) is 0 Å². The normalized spacial score (nSPS) is 20.6. The number of carbonyl (C=O) groups is 1. The molecule has 28 heavy (non-hydrogen) atoms. The highest BCUT2D eigenvalue weighted by atomic mass is 16.6. The summed E-state index contributed by atoms with van der Waals surface area (Å²) in [6, 6.07) is 9.65. The van der Waals surface area contributed by atoms with E-state index in [0.29, 0.717) is 0 Å². The summed E-state index contributed by atoms with van der Waals surface area (Å²) in [4.78, 5) is 20.5. The lowest BCUT2D eigenvalue weighted by molar-refractivity contribution is -0.121. The number of carbonyl (C=O) groups excluding carboxylic acids is 1. The summed E-state index contributed by atoms with van der Waals surface area (Å²) >= 11 is 0. The molecule has 0 spiro atoms. The molecular formula is C21H27N5O2. The molecule has 3 heterocycles. The zero-order chi connectivity index (χ0) is 19.3.